The van der Waals surface area contributed by atoms with Crippen molar-refractivity contribution in [3.05, 3.63) is 36.9 Å². The van der Waals surface area contributed by atoms with Crippen LogP contribution in [0.2, 0.25) is 0 Å². The molecule has 1 aliphatic heterocycles. The van der Waals surface area contributed by atoms with Gasteiger partial charge in [0.05, 0.1) is 17.9 Å². The number of thioether (sulfide) groups is 1. The van der Waals surface area contributed by atoms with Crippen molar-refractivity contribution in [1.29, 1.82) is 0 Å². The number of piperazine rings is 1. The van der Waals surface area contributed by atoms with E-state index in [9.17, 15) is 4.79 Å². The Bertz CT molecular complexity index is 845. The van der Waals surface area contributed by atoms with Crippen LogP contribution in [-0.2, 0) is 11.3 Å². The fourth-order valence-corrected chi connectivity index (χ4v) is 4.39. The van der Waals surface area contributed by atoms with Crippen molar-refractivity contribution < 1.29 is 9.53 Å². The summed E-state index contributed by atoms with van der Waals surface area (Å²) in [4.78, 5) is 17.3. The molecule has 1 saturated heterocycles. The van der Waals surface area contributed by atoms with Gasteiger partial charge in [-0.1, -0.05) is 36.9 Å². The second-order valence-electron chi connectivity index (χ2n) is 6.93. The van der Waals surface area contributed by atoms with E-state index < -0.39 is 0 Å². The van der Waals surface area contributed by atoms with Gasteiger partial charge in [0.15, 0.2) is 11.0 Å². The van der Waals surface area contributed by atoms with E-state index >= 15 is 0 Å². The van der Waals surface area contributed by atoms with Crippen LogP contribution in [0.1, 0.15) is 13.8 Å². The summed E-state index contributed by atoms with van der Waals surface area (Å²) in [6.45, 7) is 13.0. The molecule has 0 N–H and O–H groups in total. The number of benzene rings is 1. The van der Waals surface area contributed by atoms with Crippen LogP contribution in [0.15, 0.2) is 42.1 Å². The van der Waals surface area contributed by atoms with Crippen LogP contribution < -0.4 is 4.74 Å². The van der Waals surface area contributed by atoms with E-state index in [-0.39, 0.29) is 11.2 Å². The van der Waals surface area contributed by atoms with Crippen LogP contribution in [0.25, 0.3) is 11.4 Å². The first kappa shape index (κ1) is 21.4. The summed E-state index contributed by atoms with van der Waals surface area (Å²) in [6, 6.07) is 7.72. The first-order valence-electron chi connectivity index (χ1n) is 9.94. The summed E-state index contributed by atoms with van der Waals surface area (Å²) in [5, 5.41) is 9.24. The van der Waals surface area contributed by atoms with Crippen molar-refractivity contribution in [3.63, 3.8) is 0 Å². The van der Waals surface area contributed by atoms with Gasteiger partial charge in [-0.25, -0.2) is 0 Å². The quantitative estimate of drug-likeness (QED) is 0.488. The average Bonchev–Trinajstić information content (AvgIpc) is 3.15. The molecule has 0 radical (unpaired) electrons. The fourth-order valence-electron chi connectivity index (χ4n) is 3.45. The van der Waals surface area contributed by atoms with Crippen molar-refractivity contribution in [2.75, 3.05) is 39.8 Å². The third-order valence-corrected chi connectivity index (χ3v) is 6.21. The number of aromatic nitrogens is 3. The molecule has 1 atom stereocenters. The second-order valence-corrected chi connectivity index (χ2v) is 8.23. The zero-order valence-corrected chi connectivity index (χ0v) is 18.2. The third kappa shape index (κ3) is 4.82. The standard InChI is InChI=1S/C21H29N5O2S/c1-5-11-26-19(17-9-7-8-10-18(17)28-4)22-23-21(26)29-16(3)20(27)25-14-12-24(6-2)13-15-25/h5,7-10,16H,1,6,11-15H2,2-4H3/t16-/m0/s1. The number of amides is 1. The number of ether oxygens (including phenoxy) is 1. The molecule has 2 aromatic rings. The molecule has 1 aromatic carbocycles. The highest BCUT2D eigenvalue weighted by Crippen LogP contribution is 2.32. The number of carbonyl (C=O) groups is 1. The third-order valence-electron chi connectivity index (χ3n) is 5.14. The van der Waals surface area contributed by atoms with Gasteiger partial charge in [-0.05, 0) is 25.6 Å². The fraction of sp³-hybridized carbons (Fsp3) is 0.476. The lowest BCUT2D eigenvalue weighted by Gasteiger charge is -2.35. The highest BCUT2D eigenvalue weighted by molar-refractivity contribution is 8.00. The molecule has 156 valence electrons. The first-order chi connectivity index (χ1) is 14.1. The zero-order chi connectivity index (χ0) is 20.8. The van der Waals surface area contributed by atoms with E-state index in [1.54, 1.807) is 7.11 Å². The van der Waals surface area contributed by atoms with Crippen molar-refractivity contribution in [2.24, 2.45) is 0 Å². The van der Waals surface area contributed by atoms with Gasteiger partial charge in [-0.2, -0.15) is 0 Å². The topological polar surface area (TPSA) is 63.5 Å². The van der Waals surface area contributed by atoms with Crippen molar-refractivity contribution in [1.82, 2.24) is 24.6 Å². The molecule has 8 heteroatoms. The summed E-state index contributed by atoms with van der Waals surface area (Å²) in [7, 11) is 1.64. The maximum absolute atomic E-state index is 12.9. The Hall–Kier alpha value is -2.32. The molecule has 1 aromatic heterocycles. The summed E-state index contributed by atoms with van der Waals surface area (Å²) in [5.41, 5.74) is 0.867. The molecular formula is C21H29N5O2S. The van der Waals surface area contributed by atoms with Crippen LogP contribution in [-0.4, -0.2) is 75.6 Å². The number of allylic oxidation sites excluding steroid dienone is 1. The Morgan fingerprint density at radius 1 is 1.28 bits per heavy atom. The van der Waals surface area contributed by atoms with Crippen molar-refractivity contribution in [2.45, 2.75) is 30.8 Å². The van der Waals surface area contributed by atoms with Gasteiger partial charge in [0.1, 0.15) is 5.75 Å². The molecule has 0 unspecified atom stereocenters. The maximum Gasteiger partial charge on any atom is 0.235 e. The molecule has 1 amide bonds. The number of hydrogen-bond acceptors (Lipinski definition) is 6. The molecular weight excluding hydrogens is 386 g/mol. The average molecular weight is 416 g/mol. The molecule has 0 bridgehead atoms. The maximum atomic E-state index is 12.9. The minimum Gasteiger partial charge on any atom is -0.496 e. The van der Waals surface area contributed by atoms with E-state index in [1.165, 1.54) is 11.8 Å². The Morgan fingerprint density at radius 2 is 2.00 bits per heavy atom. The Kier molecular flexibility index (Phi) is 7.33. The van der Waals surface area contributed by atoms with E-state index in [1.807, 2.05) is 46.7 Å². The van der Waals surface area contributed by atoms with E-state index in [4.69, 9.17) is 4.74 Å². The summed E-state index contributed by atoms with van der Waals surface area (Å²) in [6.07, 6.45) is 1.81. The Morgan fingerprint density at radius 3 is 2.66 bits per heavy atom. The molecule has 1 fully saturated rings. The number of likely N-dealkylation sites (N-methyl/N-ethyl adjacent to an activating group) is 1. The van der Waals surface area contributed by atoms with Crippen LogP contribution >= 0.6 is 11.8 Å². The van der Waals surface area contributed by atoms with Crippen molar-refractivity contribution >= 4 is 17.7 Å². The molecule has 0 saturated carbocycles. The second kappa shape index (κ2) is 9.93. The molecule has 2 heterocycles. The van der Waals surface area contributed by atoms with Gasteiger partial charge in [0.2, 0.25) is 5.91 Å². The van der Waals surface area contributed by atoms with Gasteiger partial charge in [0, 0.05) is 32.7 Å². The summed E-state index contributed by atoms with van der Waals surface area (Å²) in [5.74, 6) is 1.60. The highest BCUT2D eigenvalue weighted by Gasteiger charge is 2.27. The van der Waals surface area contributed by atoms with Gasteiger partial charge in [-0.3, -0.25) is 9.36 Å². The smallest absolute Gasteiger partial charge is 0.235 e. The highest BCUT2D eigenvalue weighted by atomic mass is 32.2. The Labute approximate surface area is 176 Å². The molecule has 0 spiro atoms. The molecule has 1 aliphatic rings. The zero-order valence-electron chi connectivity index (χ0n) is 17.4. The molecule has 7 nitrogen and oxygen atoms in total. The first-order valence-corrected chi connectivity index (χ1v) is 10.8. The summed E-state index contributed by atoms with van der Waals surface area (Å²) < 4.78 is 7.46. The monoisotopic (exact) mass is 415 g/mol. The van der Waals surface area contributed by atoms with Gasteiger partial charge in [-0.15, -0.1) is 16.8 Å². The van der Waals surface area contributed by atoms with Crippen molar-refractivity contribution in [3.8, 4) is 17.1 Å². The minimum atomic E-state index is -0.235. The van der Waals surface area contributed by atoms with E-state index in [2.05, 4.69) is 28.6 Å². The summed E-state index contributed by atoms with van der Waals surface area (Å²) >= 11 is 1.44. The number of rotatable bonds is 8. The lowest BCUT2D eigenvalue weighted by molar-refractivity contribution is -0.132. The lowest BCUT2D eigenvalue weighted by Crippen LogP contribution is -2.50. The number of carbonyl (C=O) groups excluding carboxylic acids is 1. The largest absolute Gasteiger partial charge is 0.496 e. The molecule has 3 rings (SSSR count). The van der Waals surface area contributed by atoms with Gasteiger partial charge in [0.25, 0.3) is 0 Å². The van der Waals surface area contributed by atoms with E-state index in [0.717, 1.165) is 44.0 Å². The number of hydrogen-bond donors (Lipinski definition) is 0. The lowest BCUT2D eigenvalue weighted by atomic mass is 10.2. The predicted octanol–water partition coefficient (Wildman–Crippen LogP) is 2.78. The Balaban J connectivity index is 1.78. The number of methoxy groups -OCH3 is 1. The van der Waals surface area contributed by atoms with Crippen LogP contribution in [0.3, 0.4) is 0 Å². The number of para-hydroxylation sites is 1. The van der Waals surface area contributed by atoms with Gasteiger partial charge < -0.3 is 14.5 Å². The van der Waals surface area contributed by atoms with Crippen LogP contribution in [0.4, 0.5) is 0 Å². The normalized spacial score (nSPS) is 15.9. The van der Waals surface area contributed by atoms with E-state index in [0.29, 0.717) is 17.5 Å². The van der Waals surface area contributed by atoms with Gasteiger partial charge >= 0.3 is 0 Å². The van der Waals surface area contributed by atoms with Crippen LogP contribution in [0, 0.1) is 0 Å². The predicted molar refractivity (Wildman–Crippen MR) is 116 cm³/mol. The molecule has 29 heavy (non-hydrogen) atoms. The van der Waals surface area contributed by atoms with Crippen LogP contribution in [0.5, 0.6) is 5.75 Å². The number of nitrogens with zero attached hydrogens (tertiary/aromatic N) is 5. The SMILES string of the molecule is C=CCn1c(S[C@@H](C)C(=O)N2CCN(CC)CC2)nnc1-c1ccccc1OC. The minimum absolute atomic E-state index is 0.151. The molecule has 0 aliphatic carbocycles.